The second-order valence-electron chi connectivity index (χ2n) is 4.87. The Hall–Kier alpha value is -1.15. The van der Waals surface area contributed by atoms with E-state index in [0.29, 0.717) is 0 Å². The van der Waals surface area contributed by atoms with Crippen LogP contribution in [0.4, 0.5) is 5.69 Å². The molecule has 0 saturated carbocycles. The van der Waals surface area contributed by atoms with E-state index in [-0.39, 0.29) is 5.41 Å². The molecule has 1 aromatic carbocycles. The summed E-state index contributed by atoms with van der Waals surface area (Å²) in [7, 11) is 1.75. The Balaban J connectivity index is 2.47. The number of ether oxygens (including phenoxy) is 1. The van der Waals surface area contributed by atoms with E-state index in [1.54, 1.807) is 7.11 Å². The predicted molar refractivity (Wildman–Crippen MR) is 66.8 cm³/mol. The van der Waals surface area contributed by atoms with Crippen molar-refractivity contribution in [2.75, 3.05) is 20.3 Å². The van der Waals surface area contributed by atoms with Crippen LogP contribution in [0.2, 0.25) is 0 Å². The van der Waals surface area contributed by atoms with Gasteiger partial charge in [0.25, 0.3) is 0 Å². The number of methoxy groups -OCH3 is 1. The Morgan fingerprint density at radius 2 is 1.94 bits per heavy atom. The number of para-hydroxylation sites is 1. The van der Waals surface area contributed by atoms with Gasteiger partial charge in [-0.25, -0.2) is 0 Å². The van der Waals surface area contributed by atoms with Gasteiger partial charge in [-0.05, 0) is 13.8 Å². The molecule has 0 spiro atoms. The van der Waals surface area contributed by atoms with E-state index in [0.717, 1.165) is 13.2 Å². The highest BCUT2D eigenvalue weighted by atomic mass is 16.5. The van der Waals surface area contributed by atoms with Gasteiger partial charge in [0, 0.05) is 25.7 Å². The molecule has 0 amide bonds. The lowest BCUT2D eigenvalue weighted by atomic mass is 9.82. The van der Waals surface area contributed by atoms with E-state index >= 15 is 0 Å². The molecule has 2 rings (SSSR count). The Kier molecular flexibility index (Phi) is 2.85. The molecular formula is C14H20NO+. The van der Waals surface area contributed by atoms with E-state index < -0.39 is 0 Å². The number of hydrogen-bond donors (Lipinski definition) is 0. The van der Waals surface area contributed by atoms with Crippen LogP contribution < -0.4 is 0 Å². The number of hydrogen-bond acceptors (Lipinski definition) is 1. The van der Waals surface area contributed by atoms with E-state index in [9.17, 15) is 0 Å². The van der Waals surface area contributed by atoms with E-state index in [2.05, 4.69) is 49.6 Å². The molecule has 16 heavy (non-hydrogen) atoms. The molecule has 0 N–H and O–H groups in total. The smallest absolute Gasteiger partial charge is 0.209 e. The van der Waals surface area contributed by atoms with Crippen LogP contribution in [0.25, 0.3) is 0 Å². The highest BCUT2D eigenvalue weighted by Crippen LogP contribution is 2.38. The lowest BCUT2D eigenvalue weighted by Crippen LogP contribution is -2.27. The SMILES string of the molecule is COCC[N+]1=C(C)C(C)(C)c2ccccc21. The highest BCUT2D eigenvalue weighted by molar-refractivity contribution is 5.93. The monoisotopic (exact) mass is 218 g/mol. The maximum Gasteiger partial charge on any atom is 0.209 e. The third kappa shape index (κ3) is 1.57. The van der Waals surface area contributed by atoms with Crippen LogP contribution in [-0.2, 0) is 10.2 Å². The first-order valence-corrected chi connectivity index (χ1v) is 5.79. The van der Waals surface area contributed by atoms with E-state index in [1.807, 2.05) is 0 Å². The molecule has 0 saturated heterocycles. The van der Waals surface area contributed by atoms with E-state index in [4.69, 9.17) is 4.74 Å². The summed E-state index contributed by atoms with van der Waals surface area (Å²) in [5.41, 5.74) is 4.31. The van der Waals surface area contributed by atoms with Gasteiger partial charge in [-0.2, -0.15) is 4.58 Å². The first-order chi connectivity index (χ1) is 7.59. The fourth-order valence-electron chi connectivity index (χ4n) is 2.42. The molecule has 2 heteroatoms. The van der Waals surface area contributed by atoms with Crippen molar-refractivity contribution in [2.45, 2.75) is 26.2 Å². The largest absolute Gasteiger partial charge is 0.378 e. The van der Waals surface area contributed by atoms with Gasteiger partial charge in [-0.1, -0.05) is 18.2 Å². The Morgan fingerprint density at radius 3 is 2.62 bits per heavy atom. The standard InChI is InChI=1S/C14H20NO/c1-11-14(2,3)12-7-5-6-8-13(12)15(11)9-10-16-4/h5-8H,9-10H2,1-4H3/q+1. The Bertz CT molecular complexity index is 432. The topological polar surface area (TPSA) is 12.2 Å². The van der Waals surface area contributed by atoms with Gasteiger partial charge in [0.2, 0.25) is 5.69 Å². The average molecular weight is 218 g/mol. The van der Waals surface area contributed by atoms with Crippen molar-refractivity contribution >= 4 is 11.4 Å². The third-order valence-electron chi connectivity index (χ3n) is 3.70. The molecule has 0 radical (unpaired) electrons. The van der Waals surface area contributed by atoms with Crippen molar-refractivity contribution in [2.24, 2.45) is 0 Å². The quantitative estimate of drug-likeness (QED) is 0.710. The second kappa shape index (κ2) is 4.02. The van der Waals surface area contributed by atoms with Gasteiger partial charge in [-0.15, -0.1) is 0 Å². The summed E-state index contributed by atoms with van der Waals surface area (Å²) in [5, 5.41) is 0. The zero-order valence-electron chi connectivity index (χ0n) is 10.6. The van der Waals surface area contributed by atoms with Crippen molar-refractivity contribution in [3.63, 3.8) is 0 Å². The van der Waals surface area contributed by atoms with Gasteiger partial charge in [0.1, 0.15) is 6.61 Å². The lowest BCUT2D eigenvalue weighted by Gasteiger charge is -2.14. The Labute approximate surface area is 97.6 Å². The first-order valence-electron chi connectivity index (χ1n) is 5.79. The van der Waals surface area contributed by atoms with Gasteiger partial charge in [-0.3, -0.25) is 0 Å². The minimum atomic E-state index is 0.143. The molecular weight excluding hydrogens is 198 g/mol. The molecule has 1 aliphatic heterocycles. The zero-order valence-corrected chi connectivity index (χ0v) is 10.6. The van der Waals surface area contributed by atoms with Crippen LogP contribution in [0.1, 0.15) is 26.3 Å². The second-order valence-corrected chi connectivity index (χ2v) is 4.87. The molecule has 1 aliphatic rings. The number of nitrogens with zero attached hydrogens (tertiary/aromatic N) is 1. The molecule has 2 nitrogen and oxygen atoms in total. The maximum absolute atomic E-state index is 5.18. The molecule has 0 aliphatic carbocycles. The molecule has 0 atom stereocenters. The molecule has 0 aromatic heterocycles. The Morgan fingerprint density at radius 1 is 1.25 bits per heavy atom. The summed E-state index contributed by atoms with van der Waals surface area (Å²) >= 11 is 0. The van der Waals surface area contributed by atoms with Crippen LogP contribution in [0.15, 0.2) is 24.3 Å². The van der Waals surface area contributed by atoms with Crippen molar-refractivity contribution in [1.29, 1.82) is 0 Å². The molecule has 0 bridgehead atoms. The normalized spacial score (nSPS) is 17.8. The lowest BCUT2D eigenvalue weighted by molar-refractivity contribution is -0.442. The summed E-state index contributed by atoms with van der Waals surface area (Å²) < 4.78 is 7.55. The zero-order chi connectivity index (χ0) is 11.8. The van der Waals surface area contributed by atoms with Crippen molar-refractivity contribution in [1.82, 2.24) is 0 Å². The van der Waals surface area contributed by atoms with Crippen molar-refractivity contribution in [3.05, 3.63) is 29.8 Å². The summed E-state index contributed by atoms with van der Waals surface area (Å²) in [6.07, 6.45) is 0. The predicted octanol–water partition coefficient (Wildman–Crippen LogP) is 2.73. The van der Waals surface area contributed by atoms with Crippen LogP contribution in [-0.4, -0.2) is 30.5 Å². The van der Waals surface area contributed by atoms with Crippen LogP contribution in [0, 0.1) is 0 Å². The summed E-state index contributed by atoms with van der Waals surface area (Å²) in [4.78, 5) is 0. The minimum absolute atomic E-state index is 0.143. The molecule has 0 unspecified atom stereocenters. The van der Waals surface area contributed by atoms with Gasteiger partial charge in [0.05, 0.1) is 5.41 Å². The van der Waals surface area contributed by atoms with Crippen LogP contribution in [0.5, 0.6) is 0 Å². The fraction of sp³-hybridized carbons (Fsp3) is 0.500. The average Bonchev–Trinajstić information content (AvgIpc) is 2.47. The van der Waals surface area contributed by atoms with Crippen molar-refractivity contribution < 1.29 is 9.31 Å². The maximum atomic E-state index is 5.18. The first kappa shape index (κ1) is 11.3. The van der Waals surface area contributed by atoms with Gasteiger partial charge < -0.3 is 4.74 Å². The van der Waals surface area contributed by atoms with Crippen LogP contribution in [0.3, 0.4) is 0 Å². The molecule has 1 heterocycles. The van der Waals surface area contributed by atoms with E-state index in [1.165, 1.54) is 17.0 Å². The number of rotatable bonds is 3. The third-order valence-corrected chi connectivity index (χ3v) is 3.70. The van der Waals surface area contributed by atoms with Crippen molar-refractivity contribution in [3.8, 4) is 0 Å². The summed E-state index contributed by atoms with van der Waals surface area (Å²) in [6, 6.07) is 8.65. The van der Waals surface area contributed by atoms with Gasteiger partial charge >= 0.3 is 0 Å². The van der Waals surface area contributed by atoms with Crippen LogP contribution >= 0.6 is 0 Å². The number of benzene rings is 1. The highest BCUT2D eigenvalue weighted by Gasteiger charge is 2.42. The summed E-state index contributed by atoms with van der Waals surface area (Å²) in [6.45, 7) is 8.49. The molecule has 86 valence electrons. The van der Waals surface area contributed by atoms with Gasteiger partial charge in [0.15, 0.2) is 12.3 Å². The summed E-state index contributed by atoms with van der Waals surface area (Å²) in [5.74, 6) is 0. The molecule has 1 aromatic rings. The molecule has 0 fully saturated rings. The fourth-order valence-corrected chi connectivity index (χ4v) is 2.42. The minimum Gasteiger partial charge on any atom is -0.378 e. The number of fused-ring (bicyclic) bond motifs is 1.